The highest BCUT2D eigenvalue weighted by Gasteiger charge is 2.26. The predicted molar refractivity (Wildman–Crippen MR) is 139 cm³/mol. The van der Waals surface area contributed by atoms with Crippen molar-refractivity contribution in [2.24, 2.45) is 0 Å². The molecule has 1 saturated heterocycles. The molecule has 4 aromatic rings. The highest BCUT2D eigenvalue weighted by Crippen LogP contribution is 2.28. The zero-order valence-corrected chi connectivity index (χ0v) is 20.9. The Labute approximate surface area is 210 Å². The maximum atomic E-state index is 14.1. The van der Waals surface area contributed by atoms with E-state index in [0.29, 0.717) is 42.8 Å². The van der Waals surface area contributed by atoms with Gasteiger partial charge in [0.25, 0.3) is 0 Å². The van der Waals surface area contributed by atoms with Crippen LogP contribution in [-0.2, 0) is 26.9 Å². The Balaban J connectivity index is 1.34. The van der Waals surface area contributed by atoms with Crippen LogP contribution in [0.3, 0.4) is 0 Å². The smallest absolute Gasteiger partial charge is 0.242 e. The third-order valence-corrected chi connectivity index (χ3v) is 8.40. The molecule has 1 aliphatic rings. The lowest BCUT2D eigenvalue weighted by atomic mass is 10.2. The number of amides is 1. The van der Waals surface area contributed by atoms with Gasteiger partial charge in [0.2, 0.25) is 5.91 Å². The normalized spacial score (nSPS) is 14.4. The molecule has 1 aromatic heterocycles. The number of fused-ring (bicyclic) bond motifs is 1. The highest BCUT2D eigenvalue weighted by atomic mass is 32.2. The van der Waals surface area contributed by atoms with Gasteiger partial charge in [0.15, 0.2) is 9.84 Å². The summed E-state index contributed by atoms with van der Waals surface area (Å²) in [5.74, 6) is -0.463. The standard InChI is InChI=1S/C28H28FN3O3S/c1-21-10-12-22(13-11-21)20-36(34,35)27-18-32(25-8-4-2-6-23(25)27)19-28(33)31-16-14-30(15-17-31)26-9-5-3-7-24(26)29/h2-13,18H,14-17,19-20H2,1H3. The molecule has 3 aromatic carbocycles. The fourth-order valence-electron chi connectivity index (χ4n) is 4.72. The molecule has 0 bridgehead atoms. The van der Waals surface area contributed by atoms with Gasteiger partial charge in [0, 0.05) is 43.3 Å². The van der Waals surface area contributed by atoms with E-state index in [0.717, 1.165) is 11.1 Å². The summed E-state index contributed by atoms with van der Waals surface area (Å²) in [7, 11) is -3.62. The topological polar surface area (TPSA) is 62.6 Å². The van der Waals surface area contributed by atoms with Crippen molar-refractivity contribution < 1.29 is 17.6 Å². The van der Waals surface area contributed by atoms with Crippen LogP contribution in [0.4, 0.5) is 10.1 Å². The largest absolute Gasteiger partial charge is 0.366 e. The summed E-state index contributed by atoms with van der Waals surface area (Å²) in [6.07, 6.45) is 1.59. The first-order valence-electron chi connectivity index (χ1n) is 12.0. The van der Waals surface area contributed by atoms with Gasteiger partial charge in [-0.25, -0.2) is 12.8 Å². The van der Waals surface area contributed by atoms with Crippen LogP contribution in [0.1, 0.15) is 11.1 Å². The second kappa shape index (κ2) is 9.78. The Hall–Kier alpha value is -3.65. The van der Waals surface area contributed by atoms with Crippen molar-refractivity contribution in [2.45, 2.75) is 24.1 Å². The first kappa shape index (κ1) is 24.1. The summed E-state index contributed by atoms with van der Waals surface area (Å²) < 4.78 is 42.6. The second-order valence-corrected chi connectivity index (χ2v) is 11.2. The Morgan fingerprint density at radius 3 is 2.28 bits per heavy atom. The van der Waals surface area contributed by atoms with Gasteiger partial charge in [-0.15, -0.1) is 0 Å². The van der Waals surface area contributed by atoms with Gasteiger partial charge in [-0.3, -0.25) is 4.79 Å². The molecule has 0 spiro atoms. The van der Waals surface area contributed by atoms with Gasteiger partial charge in [-0.1, -0.05) is 60.2 Å². The number of para-hydroxylation sites is 2. The highest BCUT2D eigenvalue weighted by molar-refractivity contribution is 7.90. The average molecular weight is 506 g/mol. The third-order valence-electron chi connectivity index (χ3n) is 6.70. The van der Waals surface area contributed by atoms with E-state index in [4.69, 9.17) is 0 Å². The van der Waals surface area contributed by atoms with E-state index >= 15 is 0 Å². The number of piperazine rings is 1. The minimum absolute atomic E-state index is 0.0419. The Bertz CT molecular complexity index is 1500. The fourth-order valence-corrected chi connectivity index (χ4v) is 6.31. The number of sulfone groups is 1. The van der Waals surface area contributed by atoms with Crippen LogP contribution in [0.25, 0.3) is 10.9 Å². The molecule has 6 nitrogen and oxygen atoms in total. The molecule has 0 radical (unpaired) electrons. The number of hydrogen-bond donors (Lipinski definition) is 0. The van der Waals surface area contributed by atoms with E-state index in [-0.39, 0.29) is 28.9 Å². The first-order chi connectivity index (χ1) is 17.3. The fraction of sp³-hybridized carbons (Fsp3) is 0.250. The number of carbonyl (C=O) groups excluding carboxylic acids is 1. The number of carbonyl (C=O) groups is 1. The molecule has 1 fully saturated rings. The molecule has 8 heteroatoms. The van der Waals surface area contributed by atoms with Gasteiger partial charge in [0.1, 0.15) is 12.4 Å². The van der Waals surface area contributed by atoms with Gasteiger partial charge in [0.05, 0.1) is 16.3 Å². The lowest BCUT2D eigenvalue weighted by Crippen LogP contribution is -2.49. The number of aryl methyl sites for hydroxylation is 1. The predicted octanol–water partition coefficient (Wildman–Crippen LogP) is 4.41. The van der Waals surface area contributed by atoms with Crippen LogP contribution in [0, 0.1) is 12.7 Å². The number of benzene rings is 3. The minimum Gasteiger partial charge on any atom is -0.366 e. The summed E-state index contributed by atoms with van der Waals surface area (Å²) in [5, 5.41) is 0.613. The van der Waals surface area contributed by atoms with E-state index in [1.165, 1.54) is 6.07 Å². The number of halogens is 1. The van der Waals surface area contributed by atoms with Gasteiger partial charge >= 0.3 is 0 Å². The Morgan fingerprint density at radius 2 is 1.56 bits per heavy atom. The monoisotopic (exact) mass is 505 g/mol. The number of anilines is 1. The van der Waals surface area contributed by atoms with E-state index in [2.05, 4.69) is 0 Å². The Kier molecular flexibility index (Phi) is 6.53. The molecule has 1 amide bonds. The minimum atomic E-state index is -3.62. The SMILES string of the molecule is Cc1ccc(CS(=O)(=O)c2cn(CC(=O)N3CCN(c4ccccc4F)CC3)c3ccccc23)cc1. The zero-order valence-electron chi connectivity index (χ0n) is 20.1. The molecule has 1 aliphatic heterocycles. The molecule has 36 heavy (non-hydrogen) atoms. The van der Waals surface area contributed by atoms with E-state index in [9.17, 15) is 17.6 Å². The van der Waals surface area contributed by atoms with Crippen molar-refractivity contribution in [1.29, 1.82) is 0 Å². The molecule has 2 heterocycles. The lowest BCUT2D eigenvalue weighted by molar-refractivity contribution is -0.132. The first-order valence-corrected chi connectivity index (χ1v) is 13.6. The van der Waals surface area contributed by atoms with E-state index in [1.54, 1.807) is 46.0 Å². The number of aromatic nitrogens is 1. The third kappa shape index (κ3) is 4.86. The van der Waals surface area contributed by atoms with Gasteiger partial charge in [-0.2, -0.15) is 0 Å². The Morgan fingerprint density at radius 1 is 0.889 bits per heavy atom. The molecular weight excluding hydrogens is 477 g/mol. The van der Waals surface area contributed by atoms with Crippen LogP contribution >= 0.6 is 0 Å². The van der Waals surface area contributed by atoms with Gasteiger partial charge < -0.3 is 14.4 Å². The number of hydrogen-bond acceptors (Lipinski definition) is 4. The maximum Gasteiger partial charge on any atom is 0.242 e. The van der Waals surface area contributed by atoms with E-state index < -0.39 is 9.84 Å². The maximum absolute atomic E-state index is 14.1. The van der Waals surface area contributed by atoms with Crippen molar-refractivity contribution in [3.8, 4) is 0 Å². The quantitative estimate of drug-likeness (QED) is 0.390. The molecule has 0 N–H and O–H groups in total. The summed E-state index contributed by atoms with van der Waals surface area (Å²) in [4.78, 5) is 17.1. The lowest BCUT2D eigenvalue weighted by Gasteiger charge is -2.36. The van der Waals surface area contributed by atoms with Crippen LogP contribution in [0.15, 0.2) is 83.9 Å². The van der Waals surface area contributed by atoms with Crippen LogP contribution in [0.5, 0.6) is 0 Å². The van der Waals surface area contributed by atoms with Crippen LogP contribution in [0.2, 0.25) is 0 Å². The van der Waals surface area contributed by atoms with Crippen molar-refractivity contribution >= 4 is 32.3 Å². The summed E-state index contributed by atoms with van der Waals surface area (Å²) >= 11 is 0. The summed E-state index contributed by atoms with van der Waals surface area (Å²) in [5.41, 5.74) is 3.05. The van der Waals surface area contributed by atoms with E-state index in [1.807, 2.05) is 48.2 Å². The average Bonchev–Trinajstić information content (AvgIpc) is 3.25. The van der Waals surface area contributed by atoms with Crippen molar-refractivity contribution in [3.05, 3.63) is 95.9 Å². The van der Waals surface area contributed by atoms with Crippen molar-refractivity contribution in [3.63, 3.8) is 0 Å². The van der Waals surface area contributed by atoms with Crippen molar-refractivity contribution in [1.82, 2.24) is 9.47 Å². The summed E-state index contributed by atoms with van der Waals surface area (Å²) in [6.45, 7) is 4.03. The zero-order chi connectivity index (χ0) is 25.3. The van der Waals surface area contributed by atoms with Crippen LogP contribution < -0.4 is 4.90 Å². The van der Waals surface area contributed by atoms with Crippen molar-refractivity contribution in [2.75, 3.05) is 31.1 Å². The molecule has 0 saturated carbocycles. The summed E-state index contributed by atoms with van der Waals surface area (Å²) in [6, 6.07) is 21.4. The molecular formula is C28H28FN3O3S. The second-order valence-electron chi connectivity index (χ2n) is 9.20. The molecule has 0 atom stereocenters. The number of nitrogens with zero attached hydrogens (tertiary/aromatic N) is 3. The van der Waals surface area contributed by atoms with Gasteiger partial charge in [-0.05, 0) is 30.7 Å². The van der Waals surface area contributed by atoms with Crippen LogP contribution in [-0.4, -0.2) is 50.0 Å². The molecule has 0 unspecified atom stereocenters. The number of rotatable bonds is 6. The molecule has 0 aliphatic carbocycles. The molecule has 186 valence electrons. The molecule has 5 rings (SSSR count).